The maximum absolute atomic E-state index is 11.9. The lowest BCUT2D eigenvalue weighted by Crippen LogP contribution is -2.15. The number of nitrogens with one attached hydrogen (secondary N) is 2. The Morgan fingerprint density at radius 1 is 1.14 bits per heavy atom. The average molecular weight is 304 g/mol. The van der Waals surface area contributed by atoms with E-state index in [-0.39, 0.29) is 23.4 Å². The Hall–Kier alpha value is -2.40. The van der Waals surface area contributed by atoms with Crippen molar-refractivity contribution in [1.29, 1.82) is 0 Å². The molecule has 2 rings (SSSR count). The Balaban J connectivity index is 1.96. The molecule has 0 atom stereocenters. The van der Waals surface area contributed by atoms with Gasteiger partial charge in [0.2, 0.25) is 11.8 Å². The van der Waals surface area contributed by atoms with E-state index in [0.29, 0.717) is 11.4 Å². The number of anilines is 2. The van der Waals surface area contributed by atoms with Gasteiger partial charge in [0, 0.05) is 18.8 Å². The van der Waals surface area contributed by atoms with Crippen molar-refractivity contribution in [3.05, 3.63) is 53.3 Å². The van der Waals surface area contributed by atoms with E-state index in [0.717, 1.165) is 5.56 Å². The quantitative estimate of drug-likeness (QED) is 0.853. The zero-order chi connectivity index (χ0) is 15.2. The third-order valence-electron chi connectivity index (χ3n) is 2.67. The predicted molar refractivity (Wildman–Crippen MR) is 82.3 cm³/mol. The second kappa shape index (κ2) is 6.85. The summed E-state index contributed by atoms with van der Waals surface area (Å²) >= 11 is 5.87. The molecular formula is C15H14ClN3O2. The van der Waals surface area contributed by atoms with Crippen LogP contribution in [0.3, 0.4) is 0 Å². The Labute approximate surface area is 127 Å². The molecule has 0 saturated carbocycles. The number of benzene rings is 1. The number of rotatable bonds is 4. The van der Waals surface area contributed by atoms with Gasteiger partial charge in [-0.3, -0.25) is 9.59 Å². The average Bonchev–Trinajstić information content (AvgIpc) is 2.43. The minimum absolute atomic E-state index is 0.133. The standard InChI is InChI=1S/C15H14ClN3O2/c1-10(20)18-12-6-4-11(5-7-12)9-14(21)19-13-3-2-8-17-15(13)16/h2-8H,9H2,1H3,(H,18,20)(H,19,21). The molecule has 0 aliphatic heterocycles. The molecular weight excluding hydrogens is 290 g/mol. The van der Waals surface area contributed by atoms with Crippen molar-refractivity contribution in [3.8, 4) is 0 Å². The second-order valence-corrected chi connectivity index (χ2v) is 4.80. The number of halogens is 1. The predicted octanol–water partition coefficient (Wildman–Crippen LogP) is 2.87. The van der Waals surface area contributed by atoms with Crippen LogP contribution in [0.25, 0.3) is 0 Å². The highest BCUT2D eigenvalue weighted by Gasteiger charge is 2.07. The van der Waals surface area contributed by atoms with E-state index < -0.39 is 0 Å². The molecule has 0 spiro atoms. The van der Waals surface area contributed by atoms with Gasteiger partial charge >= 0.3 is 0 Å². The van der Waals surface area contributed by atoms with Gasteiger partial charge in [-0.25, -0.2) is 4.98 Å². The van der Waals surface area contributed by atoms with Crippen LogP contribution < -0.4 is 10.6 Å². The van der Waals surface area contributed by atoms with E-state index in [1.165, 1.54) is 6.92 Å². The summed E-state index contributed by atoms with van der Waals surface area (Å²) in [5, 5.41) is 5.63. The molecule has 0 aliphatic rings. The molecule has 0 bridgehead atoms. The summed E-state index contributed by atoms with van der Waals surface area (Å²) in [4.78, 5) is 26.7. The molecule has 1 aromatic carbocycles. The molecule has 0 fully saturated rings. The molecule has 0 aliphatic carbocycles. The number of aromatic nitrogens is 1. The Morgan fingerprint density at radius 3 is 2.48 bits per heavy atom. The summed E-state index contributed by atoms with van der Waals surface area (Å²) in [5.74, 6) is -0.316. The highest BCUT2D eigenvalue weighted by Crippen LogP contribution is 2.18. The number of pyridine rings is 1. The third kappa shape index (κ3) is 4.57. The number of hydrogen-bond acceptors (Lipinski definition) is 3. The topological polar surface area (TPSA) is 71.1 Å². The first-order chi connectivity index (χ1) is 10.0. The van der Waals surface area contributed by atoms with Gasteiger partial charge in [0.25, 0.3) is 0 Å². The number of carbonyl (C=O) groups excluding carboxylic acids is 2. The van der Waals surface area contributed by atoms with Gasteiger partial charge < -0.3 is 10.6 Å². The summed E-state index contributed by atoms with van der Waals surface area (Å²) < 4.78 is 0. The zero-order valence-corrected chi connectivity index (χ0v) is 12.1. The van der Waals surface area contributed by atoms with E-state index in [2.05, 4.69) is 15.6 Å². The second-order valence-electron chi connectivity index (χ2n) is 4.44. The van der Waals surface area contributed by atoms with Gasteiger partial charge in [-0.2, -0.15) is 0 Å². The normalized spacial score (nSPS) is 10.0. The highest BCUT2D eigenvalue weighted by molar-refractivity contribution is 6.32. The van der Waals surface area contributed by atoms with Gasteiger partial charge in [-0.15, -0.1) is 0 Å². The van der Waals surface area contributed by atoms with Crippen molar-refractivity contribution in [2.75, 3.05) is 10.6 Å². The number of amides is 2. The Bertz CT molecular complexity index is 656. The minimum atomic E-state index is -0.183. The van der Waals surface area contributed by atoms with E-state index in [1.54, 1.807) is 42.6 Å². The van der Waals surface area contributed by atoms with Crippen molar-refractivity contribution in [2.24, 2.45) is 0 Å². The molecule has 1 heterocycles. The minimum Gasteiger partial charge on any atom is -0.326 e. The van der Waals surface area contributed by atoms with Crippen molar-refractivity contribution >= 4 is 34.8 Å². The van der Waals surface area contributed by atoms with E-state index >= 15 is 0 Å². The molecule has 21 heavy (non-hydrogen) atoms. The SMILES string of the molecule is CC(=O)Nc1ccc(CC(=O)Nc2cccnc2Cl)cc1. The van der Waals surface area contributed by atoms with Crippen LogP contribution in [-0.4, -0.2) is 16.8 Å². The van der Waals surface area contributed by atoms with Crippen LogP contribution in [0.15, 0.2) is 42.6 Å². The number of carbonyl (C=O) groups is 2. The first-order valence-corrected chi connectivity index (χ1v) is 6.69. The van der Waals surface area contributed by atoms with Gasteiger partial charge in [0.05, 0.1) is 12.1 Å². The molecule has 2 N–H and O–H groups in total. The maximum Gasteiger partial charge on any atom is 0.228 e. The maximum atomic E-state index is 11.9. The molecule has 0 unspecified atom stereocenters. The Kier molecular flexibility index (Phi) is 4.90. The van der Waals surface area contributed by atoms with Crippen LogP contribution in [0.2, 0.25) is 5.15 Å². The van der Waals surface area contributed by atoms with Crippen molar-refractivity contribution in [2.45, 2.75) is 13.3 Å². The molecule has 6 heteroatoms. The van der Waals surface area contributed by atoms with Gasteiger partial charge in [0.1, 0.15) is 0 Å². The fourth-order valence-electron chi connectivity index (χ4n) is 1.77. The first-order valence-electron chi connectivity index (χ1n) is 6.31. The van der Waals surface area contributed by atoms with E-state index in [9.17, 15) is 9.59 Å². The number of hydrogen-bond donors (Lipinski definition) is 2. The summed E-state index contributed by atoms with van der Waals surface area (Å²) in [7, 11) is 0. The van der Waals surface area contributed by atoms with Crippen molar-refractivity contribution in [1.82, 2.24) is 4.98 Å². The fourth-order valence-corrected chi connectivity index (χ4v) is 1.93. The van der Waals surface area contributed by atoms with E-state index in [1.807, 2.05) is 0 Å². The van der Waals surface area contributed by atoms with Crippen LogP contribution in [0.1, 0.15) is 12.5 Å². The third-order valence-corrected chi connectivity index (χ3v) is 2.97. The fraction of sp³-hybridized carbons (Fsp3) is 0.133. The monoisotopic (exact) mass is 303 g/mol. The number of nitrogens with zero attached hydrogens (tertiary/aromatic N) is 1. The van der Waals surface area contributed by atoms with Crippen LogP contribution in [0, 0.1) is 0 Å². The molecule has 2 amide bonds. The Morgan fingerprint density at radius 2 is 1.86 bits per heavy atom. The van der Waals surface area contributed by atoms with Gasteiger partial charge in [0.15, 0.2) is 5.15 Å². The van der Waals surface area contributed by atoms with Crippen LogP contribution in [0.4, 0.5) is 11.4 Å². The molecule has 0 radical (unpaired) electrons. The van der Waals surface area contributed by atoms with Gasteiger partial charge in [-0.1, -0.05) is 23.7 Å². The molecule has 2 aromatic rings. The van der Waals surface area contributed by atoms with Crippen molar-refractivity contribution < 1.29 is 9.59 Å². The summed E-state index contributed by atoms with van der Waals surface area (Å²) in [6.07, 6.45) is 1.77. The largest absolute Gasteiger partial charge is 0.326 e. The highest BCUT2D eigenvalue weighted by atomic mass is 35.5. The molecule has 5 nitrogen and oxygen atoms in total. The summed E-state index contributed by atoms with van der Waals surface area (Å²) in [6, 6.07) is 10.5. The van der Waals surface area contributed by atoms with Crippen LogP contribution in [0.5, 0.6) is 0 Å². The summed E-state index contributed by atoms with van der Waals surface area (Å²) in [6.45, 7) is 1.44. The van der Waals surface area contributed by atoms with Crippen LogP contribution >= 0.6 is 11.6 Å². The summed E-state index contributed by atoms with van der Waals surface area (Å²) in [5.41, 5.74) is 2.02. The lowest BCUT2D eigenvalue weighted by atomic mass is 10.1. The zero-order valence-electron chi connectivity index (χ0n) is 11.4. The van der Waals surface area contributed by atoms with Gasteiger partial charge in [-0.05, 0) is 29.8 Å². The smallest absolute Gasteiger partial charge is 0.228 e. The lowest BCUT2D eigenvalue weighted by molar-refractivity contribution is -0.116. The molecule has 0 saturated heterocycles. The lowest BCUT2D eigenvalue weighted by Gasteiger charge is -2.07. The first kappa shape index (κ1) is 15.0. The van der Waals surface area contributed by atoms with Crippen LogP contribution in [-0.2, 0) is 16.0 Å². The molecule has 1 aromatic heterocycles. The molecule has 108 valence electrons. The van der Waals surface area contributed by atoms with E-state index in [4.69, 9.17) is 11.6 Å². The van der Waals surface area contributed by atoms with Crippen molar-refractivity contribution in [3.63, 3.8) is 0 Å².